The number of hydrogen-bond acceptors (Lipinski definition) is 4. The number of benzene rings is 1. The molecule has 1 aromatic carbocycles. The number of anilines is 1. The molecule has 0 bridgehead atoms. The number of halogens is 1. The third kappa shape index (κ3) is 3.20. The Morgan fingerprint density at radius 1 is 1.38 bits per heavy atom. The smallest absolute Gasteiger partial charge is 0.246 e. The zero-order valence-corrected chi connectivity index (χ0v) is 12.6. The van der Waals surface area contributed by atoms with Crippen molar-refractivity contribution in [1.82, 2.24) is 9.29 Å². The summed E-state index contributed by atoms with van der Waals surface area (Å²) >= 11 is 0. The Kier molecular flexibility index (Phi) is 4.24. The van der Waals surface area contributed by atoms with E-state index >= 15 is 0 Å². The standard InChI is InChI=1S/C14H16FN3O2S/c1-10-6-12(16)7-13(14(10)15)21(19,20)18(2)9-11-4-3-5-17-8-11/h3-8H,9,16H2,1-2H3. The fourth-order valence-electron chi connectivity index (χ4n) is 1.95. The van der Waals surface area contributed by atoms with Crippen molar-refractivity contribution in [3.05, 3.63) is 53.6 Å². The molecule has 0 atom stereocenters. The zero-order valence-electron chi connectivity index (χ0n) is 11.7. The number of aromatic nitrogens is 1. The molecule has 0 aliphatic rings. The molecule has 0 fully saturated rings. The molecule has 0 unspecified atom stereocenters. The normalized spacial score (nSPS) is 11.8. The minimum Gasteiger partial charge on any atom is -0.399 e. The van der Waals surface area contributed by atoms with Gasteiger partial charge in [-0.1, -0.05) is 6.07 Å². The van der Waals surface area contributed by atoms with Crippen LogP contribution in [0.25, 0.3) is 0 Å². The molecule has 0 spiro atoms. The van der Waals surface area contributed by atoms with E-state index < -0.39 is 20.7 Å². The Balaban J connectivity index is 2.38. The van der Waals surface area contributed by atoms with Gasteiger partial charge in [-0.05, 0) is 36.2 Å². The number of nitrogens with two attached hydrogens (primary N) is 1. The van der Waals surface area contributed by atoms with E-state index in [9.17, 15) is 12.8 Å². The van der Waals surface area contributed by atoms with E-state index in [4.69, 9.17) is 5.73 Å². The Bertz CT molecular complexity index is 748. The minimum atomic E-state index is -3.96. The first-order chi connectivity index (χ1) is 9.82. The van der Waals surface area contributed by atoms with Gasteiger partial charge in [0.2, 0.25) is 10.0 Å². The molecule has 0 aliphatic carbocycles. The highest BCUT2D eigenvalue weighted by Crippen LogP contribution is 2.24. The quantitative estimate of drug-likeness (QED) is 0.876. The first-order valence-corrected chi connectivity index (χ1v) is 7.67. The van der Waals surface area contributed by atoms with Crippen LogP contribution >= 0.6 is 0 Å². The molecule has 2 aromatic rings. The number of rotatable bonds is 4. The Labute approximate surface area is 123 Å². The monoisotopic (exact) mass is 309 g/mol. The van der Waals surface area contributed by atoms with Crippen LogP contribution in [0.5, 0.6) is 0 Å². The summed E-state index contributed by atoms with van der Waals surface area (Å²) < 4.78 is 40.1. The summed E-state index contributed by atoms with van der Waals surface area (Å²) in [6.07, 6.45) is 3.16. The first-order valence-electron chi connectivity index (χ1n) is 6.23. The summed E-state index contributed by atoms with van der Waals surface area (Å²) in [5.74, 6) is -0.776. The lowest BCUT2D eigenvalue weighted by Crippen LogP contribution is -2.27. The average molecular weight is 309 g/mol. The molecular weight excluding hydrogens is 293 g/mol. The van der Waals surface area contributed by atoms with E-state index in [-0.39, 0.29) is 17.8 Å². The van der Waals surface area contributed by atoms with Gasteiger partial charge < -0.3 is 5.73 Å². The molecule has 5 nitrogen and oxygen atoms in total. The molecule has 2 rings (SSSR count). The van der Waals surface area contributed by atoms with Crippen molar-refractivity contribution in [3.63, 3.8) is 0 Å². The number of nitrogen functional groups attached to an aromatic ring is 1. The second kappa shape index (κ2) is 5.79. The van der Waals surface area contributed by atoms with Crippen LogP contribution in [0.1, 0.15) is 11.1 Å². The Morgan fingerprint density at radius 2 is 2.10 bits per heavy atom. The van der Waals surface area contributed by atoms with Crippen LogP contribution in [-0.2, 0) is 16.6 Å². The van der Waals surface area contributed by atoms with E-state index in [1.807, 2.05) is 0 Å². The van der Waals surface area contributed by atoms with Crippen LogP contribution in [0.2, 0.25) is 0 Å². The van der Waals surface area contributed by atoms with Crippen molar-refractivity contribution < 1.29 is 12.8 Å². The van der Waals surface area contributed by atoms with Crippen LogP contribution in [0.15, 0.2) is 41.6 Å². The highest BCUT2D eigenvalue weighted by Gasteiger charge is 2.26. The molecule has 0 radical (unpaired) electrons. The Hall–Kier alpha value is -1.99. The van der Waals surface area contributed by atoms with Gasteiger partial charge >= 0.3 is 0 Å². The number of pyridine rings is 1. The maximum absolute atomic E-state index is 14.1. The van der Waals surface area contributed by atoms with Gasteiger partial charge in [-0.2, -0.15) is 4.31 Å². The molecule has 7 heteroatoms. The fourth-order valence-corrected chi connectivity index (χ4v) is 3.28. The predicted octanol–water partition coefficient (Wildman–Crippen LogP) is 1.93. The maximum Gasteiger partial charge on any atom is 0.246 e. The third-order valence-corrected chi connectivity index (χ3v) is 4.86. The van der Waals surface area contributed by atoms with Crippen LogP contribution in [0.3, 0.4) is 0 Å². The van der Waals surface area contributed by atoms with Gasteiger partial charge in [0.05, 0.1) is 0 Å². The summed E-state index contributed by atoms with van der Waals surface area (Å²) in [7, 11) is -2.57. The number of nitrogens with zero attached hydrogens (tertiary/aromatic N) is 2. The van der Waals surface area contributed by atoms with Crippen LogP contribution < -0.4 is 5.73 Å². The zero-order chi connectivity index (χ0) is 15.6. The molecule has 0 amide bonds. The molecule has 2 N–H and O–H groups in total. The topological polar surface area (TPSA) is 76.3 Å². The number of sulfonamides is 1. The van der Waals surface area contributed by atoms with Gasteiger partial charge in [0.25, 0.3) is 0 Å². The van der Waals surface area contributed by atoms with Gasteiger partial charge in [-0.3, -0.25) is 4.98 Å². The Morgan fingerprint density at radius 3 is 2.71 bits per heavy atom. The summed E-state index contributed by atoms with van der Waals surface area (Å²) in [5, 5.41) is 0. The van der Waals surface area contributed by atoms with Crippen LogP contribution in [0, 0.1) is 12.7 Å². The van der Waals surface area contributed by atoms with Crippen molar-refractivity contribution in [2.24, 2.45) is 0 Å². The van der Waals surface area contributed by atoms with Gasteiger partial charge in [0, 0.05) is 31.7 Å². The molecule has 0 saturated carbocycles. The molecular formula is C14H16FN3O2S. The van der Waals surface area contributed by atoms with E-state index in [0.29, 0.717) is 5.56 Å². The molecule has 112 valence electrons. The minimum absolute atomic E-state index is 0.101. The molecule has 1 aromatic heterocycles. The van der Waals surface area contributed by atoms with Gasteiger partial charge in [0.15, 0.2) is 0 Å². The number of aryl methyl sites for hydroxylation is 1. The van der Waals surface area contributed by atoms with Crippen molar-refractivity contribution in [3.8, 4) is 0 Å². The van der Waals surface area contributed by atoms with Gasteiger partial charge in [0.1, 0.15) is 10.7 Å². The lowest BCUT2D eigenvalue weighted by molar-refractivity contribution is 0.459. The maximum atomic E-state index is 14.1. The summed E-state index contributed by atoms with van der Waals surface area (Å²) in [6.45, 7) is 1.58. The lowest BCUT2D eigenvalue weighted by Gasteiger charge is -2.18. The second-order valence-electron chi connectivity index (χ2n) is 4.77. The number of hydrogen-bond donors (Lipinski definition) is 1. The van der Waals surface area contributed by atoms with Gasteiger partial charge in [-0.25, -0.2) is 12.8 Å². The van der Waals surface area contributed by atoms with E-state index in [0.717, 1.165) is 10.4 Å². The first kappa shape index (κ1) is 15.4. The summed E-state index contributed by atoms with van der Waals surface area (Å²) in [4.78, 5) is 3.51. The largest absolute Gasteiger partial charge is 0.399 e. The van der Waals surface area contributed by atoms with E-state index in [2.05, 4.69) is 4.98 Å². The van der Waals surface area contributed by atoms with Crippen molar-refractivity contribution in [2.45, 2.75) is 18.4 Å². The third-order valence-electron chi connectivity index (χ3n) is 3.06. The fraction of sp³-hybridized carbons (Fsp3) is 0.214. The molecule has 21 heavy (non-hydrogen) atoms. The van der Waals surface area contributed by atoms with Gasteiger partial charge in [-0.15, -0.1) is 0 Å². The van der Waals surface area contributed by atoms with Crippen molar-refractivity contribution in [1.29, 1.82) is 0 Å². The van der Waals surface area contributed by atoms with Crippen molar-refractivity contribution >= 4 is 15.7 Å². The predicted molar refractivity (Wildman–Crippen MR) is 78.4 cm³/mol. The van der Waals surface area contributed by atoms with E-state index in [1.165, 1.54) is 20.0 Å². The van der Waals surface area contributed by atoms with Crippen molar-refractivity contribution in [2.75, 3.05) is 12.8 Å². The molecule has 0 aliphatic heterocycles. The average Bonchev–Trinajstić information content (AvgIpc) is 2.43. The lowest BCUT2D eigenvalue weighted by atomic mass is 10.2. The highest BCUT2D eigenvalue weighted by atomic mass is 32.2. The summed E-state index contributed by atoms with van der Waals surface area (Å²) in [5.41, 5.74) is 6.74. The molecule has 0 saturated heterocycles. The molecule has 1 heterocycles. The second-order valence-corrected chi connectivity index (χ2v) is 6.79. The van der Waals surface area contributed by atoms with Crippen LogP contribution in [-0.4, -0.2) is 24.8 Å². The SMILES string of the molecule is Cc1cc(N)cc(S(=O)(=O)N(C)Cc2cccnc2)c1F. The van der Waals surface area contributed by atoms with Crippen LogP contribution in [0.4, 0.5) is 10.1 Å². The highest BCUT2D eigenvalue weighted by molar-refractivity contribution is 7.89. The summed E-state index contributed by atoms with van der Waals surface area (Å²) in [6, 6.07) is 5.99. The van der Waals surface area contributed by atoms with E-state index in [1.54, 1.807) is 24.5 Å².